The number of benzene rings is 1. The van der Waals surface area contributed by atoms with E-state index in [0.717, 1.165) is 0 Å². The summed E-state index contributed by atoms with van der Waals surface area (Å²) < 4.78 is 5.04. The van der Waals surface area contributed by atoms with Crippen molar-refractivity contribution in [1.82, 2.24) is 4.98 Å². The lowest BCUT2D eigenvalue weighted by molar-refractivity contribution is -0.158. The van der Waals surface area contributed by atoms with Gasteiger partial charge in [-0.15, -0.1) is 0 Å². The maximum Gasteiger partial charge on any atom is 0.356 e. The van der Waals surface area contributed by atoms with Crippen molar-refractivity contribution in [1.29, 1.82) is 0 Å². The molecule has 0 bridgehead atoms. The van der Waals surface area contributed by atoms with Crippen LogP contribution < -0.4 is 4.74 Å². The van der Waals surface area contributed by atoms with Crippen LogP contribution in [-0.2, 0) is 9.59 Å². The Kier molecular flexibility index (Phi) is 3.76. The van der Waals surface area contributed by atoms with Gasteiger partial charge in [0.25, 0.3) is 6.10 Å². The number of aryl methyl sites for hydroxylation is 1. The predicted octanol–water partition coefficient (Wildman–Crippen LogP) is 2.11. The minimum Gasteiger partial charge on any atom is -0.478 e. The van der Waals surface area contributed by atoms with Crippen LogP contribution >= 0.6 is 11.6 Å². The van der Waals surface area contributed by atoms with Crippen LogP contribution in [0.1, 0.15) is 5.69 Å². The molecular formula is C13H10ClNO5. The van der Waals surface area contributed by atoms with E-state index in [1.54, 1.807) is 19.1 Å². The maximum absolute atomic E-state index is 10.9. The molecule has 6 nitrogen and oxygen atoms in total. The first-order valence-corrected chi connectivity index (χ1v) is 5.96. The summed E-state index contributed by atoms with van der Waals surface area (Å²) in [6.07, 6.45) is -2.00. The van der Waals surface area contributed by atoms with E-state index in [-0.39, 0.29) is 5.75 Å². The number of carboxylic acid groups (broad SMARTS) is 2. The Hall–Kier alpha value is -2.34. The molecule has 0 amide bonds. The molecule has 104 valence electrons. The molecule has 1 aromatic carbocycles. The highest BCUT2D eigenvalue weighted by Crippen LogP contribution is 2.30. The van der Waals surface area contributed by atoms with Gasteiger partial charge in [-0.25, -0.2) is 14.6 Å². The Bertz CT molecular complexity index is 686. The molecule has 20 heavy (non-hydrogen) atoms. The first-order valence-electron chi connectivity index (χ1n) is 5.58. The highest BCUT2D eigenvalue weighted by Gasteiger charge is 2.28. The van der Waals surface area contributed by atoms with E-state index < -0.39 is 18.0 Å². The number of aliphatic carboxylic acids is 2. The van der Waals surface area contributed by atoms with Gasteiger partial charge in [-0.1, -0.05) is 11.6 Å². The summed E-state index contributed by atoms with van der Waals surface area (Å²) in [5.74, 6) is -3.12. The molecule has 1 heterocycles. The number of fused-ring (bicyclic) bond motifs is 1. The van der Waals surface area contributed by atoms with Gasteiger partial charge >= 0.3 is 11.9 Å². The zero-order valence-corrected chi connectivity index (χ0v) is 11.1. The van der Waals surface area contributed by atoms with Crippen LogP contribution in [-0.4, -0.2) is 33.2 Å². The van der Waals surface area contributed by atoms with Crippen molar-refractivity contribution >= 4 is 34.4 Å². The molecule has 0 unspecified atom stereocenters. The Morgan fingerprint density at radius 2 is 1.85 bits per heavy atom. The van der Waals surface area contributed by atoms with E-state index in [1.165, 1.54) is 12.1 Å². The van der Waals surface area contributed by atoms with E-state index in [9.17, 15) is 9.59 Å². The number of aromatic nitrogens is 1. The number of nitrogens with zero attached hydrogens (tertiary/aromatic N) is 1. The quantitative estimate of drug-likeness (QED) is 0.839. The van der Waals surface area contributed by atoms with Gasteiger partial charge in [0.1, 0.15) is 11.3 Å². The van der Waals surface area contributed by atoms with Gasteiger partial charge in [-0.05, 0) is 31.2 Å². The second kappa shape index (κ2) is 5.34. The molecule has 2 rings (SSSR count). The number of ether oxygens (including phenoxy) is 1. The molecule has 0 aliphatic carbocycles. The van der Waals surface area contributed by atoms with Crippen LogP contribution in [0.5, 0.6) is 5.75 Å². The Morgan fingerprint density at radius 3 is 2.45 bits per heavy atom. The number of halogens is 1. The number of carbonyl (C=O) groups is 2. The first-order chi connectivity index (χ1) is 9.40. The van der Waals surface area contributed by atoms with Crippen LogP contribution in [0.4, 0.5) is 0 Å². The molecule has 0 aliphatic heterocycles. The van der Waals surface area contributed by atoms with Gasteiger partial charge in [0.05, 0.1) is 5.02 Å². The van der Waals surface area contributed by atoms with Crippen molar-refractivity contribution in [2.75, 3.05) is 0 Å². The average molecular weight is 296 g/mol. The third-order valence-electron chi connectivity index (χ3n) is 2.60. The zero-order chi connectivity index (χ0) is 14.9. The SMILES string of the molecule is Cc1ccc2c(Cl)ccc(OC(C(=O)O)C(=O)O)c2n1. The standard InChI is InChI=1S/C13H10ClNO5/c1-6-2-3-7-8(14)4-5-9(10(7)15-6)20-11(12(16)17)13(18)19/h2-5,11H,1H3,(H,16,17)(H,18,19). The number of carboxylic acids is 2. The molecule has 1 aromatic heterocycles. The number of rotatable bonds is 4. The normalized spacial score (nSPS) is 10.8. The fraction of sp³-hybridized carbons (Fsp3) is 0.154. The summed E-state index contributed by atoms with van der Waals surface area (Å²) >= 11 is 6.01. The summed E-state index contributed by atoms with van der Waals surface area (Å²) in [6.45, 7) is 1.75. The third-order valence-corrected chi connectivity index (χ3v) is 2.93. The van der Waals surface area contributed by atoms with Crippen LogP contribution in [0, 0.1) is 6.92 Å². The van der Waals surface area contributed by atoms with Gasteiger partial charge in [0, 0.05) is 11.1 Å². The topological polar surface area (TPSA) is 96.7 Å². The lowest BCUT2D eigenvalue weighted by Crippen LogP contribution is -2.35. The number of hydrogen-bond acceptors (Lipinski definition) is 4. The van der Waals surface area contributed by atoms with Crippen molar-refractivity contribution in [3.8, 4) is 5.75 Å². The fourth-order valence-corrected chi connectivity index (χ4v) is 1.90. The molecule has 0 saturated heterocycles. The Balaban J connectivity index is 2.54. The second-order valence-electron chi connectivity index (χ2n) is 4.07. The van der Waals surface area contributed by atoms with E-state index in [2.05, 4.69) is 4.98 Å². The van der Waals surface area contributed by atoms with Gasteiger partial charge in [-0.2, -0.15) is 0 Å². The molecule has 0 radical (unpaired) electrons. The second-order valence-corrected chi connectivity index (χ2v) is 4.48. The summed E-state index contributed by atoms with van der Waals surface area (Å²) in [6, 6.07) is 6.35. The minimum atomic E-state index is -2.00. The molecule has 7 heteroatoms. The van der Waals surface area contributed by atoms with Gasteiger partial charge in [0.15, 0.2) is 0 Å². The van der Waals surface area contributed by atoms with E-state index >= 15 is 0 Å². The Labute approximate surface area is 118 Å². The highest BCUT2D eigenvalue weighted by molar-refractivity contribution is 6.35. The van der Waals surface area contributed by atoms with Crippen molar-refractivity contribution in [2.45, 2.75) is 13.0 Å². The summed E-state index contributed by atoms with van der Waals surface area (Å²) in [7, 11) is 0. The van der Waals surface area contributed by atoms with Crippen LogP contribution in [0.15, 0.2) is 24.3 Å². The average Bonchev–Trinajstić information content (AvgIpc) is 2.37. The molecule has 2 aromatic rings. The Morgan fingerprint density at radius 1 is 1.20 bits per heavy atom. The summed E-state index contributed by atoms with van der Waals surface area (Å²) in [4.78, 5) is 25.9. The van der Waals surface area contributed by atoms with Gasteiger partial charge < -0.3 is 14.9 Å². The van der Waals surface area contributed by atoms with Crippen molar-refractivity contribution in [3.05, 3.63) is 35.0 Å². The van der Waals surface area contributed by atoms with Crippen molar-refractivity contribution < 1.29 is 24.5 Å². The molecule has 0 fully saturated rings. The van der Waals surface area contributed by atoms with Crippen molar-refractivity contribution in [2.24, 2.45) is 0 Å². The highest BCUT2D eigenvalue weighted by atomic mass is 35.5. The lowest BCUT2D eigenvalue weighted by Gasteiger charge is -2.13. The lowest BCUT2D eigenvalue weighted by atomic mass is 10.2. The van der Waals surface area contributed by atoms with Crippen molar-refractivity contribution in [3.63, 3.8) is 0 Å². The summed E-state index contributed by atoms with van der Waals surface area (Å²) in [5, 5.41) is 18.6. The zero-order valence-electron chi connectivity index (χ0n) is 10.3. The number of pyridine rings is 1. The molecule has 0 atom stereocenters. The first kappa shape index (κ1) is 14.1. The van der Waals surface area contributed by atoms with Crippen LogP contribution in [0.2, 0.25) is 5.02 Å². The maximum atomic E-state index is 10.9. The molecule has 2 N–H and O–H groups in total. The summed E-state index contributed by atoms with van der Waals surface area (Å²) in [5.41, 5.74) is 0.997. The van der Waals surface area contributed by atoms with Gasteiger partial charge in [0.2, 0.25) is 0 Å². The van der Waals surface area contributed by atoms with E-state index in [4.69, 9.17) is 26.6 Å². The smallest absolute Gasteiger partial charge is 0.356 e. The third kappa shape index (κ3) is 2.65. The minimum absolute atomic E-state index is 0.0582. The molecular weight excluding hydrogens is 286 g/mol. The predicted molar refractivity (Wildman–Crippen MR) is 71.2 cm³/mol. The number of hydrogen-bond donors (Lipinski definition) is 2. The van der Waals surface area contributed by atoms with Gasteiger partial charge in [-0.3, -0.25) is 0 Å². The molecule has 0 aliphatic rings. The largest absolute Gasteiger partial charge is 0.478 e. The van der Waals surface area contributed by atoms with Crippen LogP contribution in [0.3, 0.4) is 0 Å². The monoisotopic (exact) mass is 295 g/mol. The van der Waals surface area contributed by atoms with Crippen LogP contribution in [0.25, 0.3) is 10.9 Å². The molecule has 0 spiro atoms. The van der Waals surface area contributed by atoms with E-state index in [1.807, 2.05) is 0 Å². The molecule has 0 saturated carbocycles. The van der Waals surface area contributed by atoms with E-state index in [0.29, 0.717) is 21.6 Å². The fourth-order valence-electron chi connectivity index (χ4n) is 1.68.